The summed E-state index contributed by atoms with van der Waals surface area (Å²) in [7, 11) is 0. The number of amides is 2. The van der Waals surface area contributed by atoms with Crippen molar-refractivity contribution in [1.82, 2.24) is 9.80 Å². The van der Waals surface area contributed by atoms with Crippen molar-refractivity contribution in [3.8, 4) is 5.75 Å². The summed E-state index contributed by atoms with van der Waals surface area (Å²) in [5.74, 6) is -1.30. The van der Waals surface area contributed by atoms with Gasteiger partial charge in [-0.25, -0.2) is 0 Å². The first-order valence-electron chi connectivity index (χ1n) is 11.3. The predicted molar refractivity (Wildman–Crippen MR) is 118 cm³/mol. The fourth-order valence-electron chi connectivity index (χ4n) is 4.62. The van der Waals surface area contributed by atoms with Crippen molar-refractivity contribution in [2.45, 2.75) is 51.0 Å². The van der Waals surface area contributed by atoms with E-state index in [0.29, 0.717) is 44.0 Å². The molecule has 1 aromatic carbocycles. The number of carboxylic acid groups (broad SMARTS) is 1. The normalized spacial score (nSPS) is 18.5. The fraction of sp³-hybridized carbons (Fsp3) is 0.565. The number of carboxylic acids is 1. The average molecular weight is 445 g/mol. The Morgan fingerprint density at radius 2 is 1.81 bits per heavy atom. The number of rotatable bonds is 10. The minimum atomic E-state index is -0.934. The quantitative estimate of drug-likeness (QED) is 0.218. The molecule has 1 aliphatic carbocycles. The first-order chi connectivity index (χ1) is 15.4. The van der Waals surface area contributed by atoms with E-state index in [1.807, 2.05) is 0 Å². The van der Waals surface area contributed by atoms with Crippen LogP contribution in [0.3, 0.4) is 0 Å². The number of benzene rings is 1. The highest BCUT2D eigenvalue weighted by atomic mass is 16.5. The van der Waals surface area contributed by atoms with Gasteiger partial charge in [0.15, 0.2) is 0 Å². The molecular weight excluding hydrogens is 412 g/mol. The van der Waals surface area contributed by atoms with Crippen LogP contribution in [0.2, 0.25) is 0 Å². The second-order valence-corrected chi connectivity index (χ2v) is 8.49. The Bertz CT molecular complexity index is 835. The van der Waals surface area contributed by atoms with E-state index in [0.717, 1.165) is 32.1 Å². The number of carbonyl (C=O) groups excluding carboxylic acids is 2. The van der Waals surface area contributed by atoms with Crippen LogP contribution < -0.4 is 10.5 Å². The molecule has 1 aromatic rings. The second kappa shape index (κ2) is 11.0. The van der Waals surface area contributed by atoms with E-state index in [1.54, 1.807) is 24.3 Å². The van der Waals surface area contributed by atoms with E-state index in [9.17, 15) is 19.5 Å². The topological polar surface area (TPSA) is 137 Å². The van der Waals surface area contributed by atoms with E-state index in [2.05, 4.69) is 0 Å². The van der Waals surface area contributed by atoms with Gasteiger partial charge >= 0.3 is 17.8 Å². The number of nitrogens with zero attached hydrogens (tertiary/aromatic N) is 2. The molecule has 32 heavy (non-hydrogen) atoms. The highest BCUT2D eigenvalue weighted by Crippen LogP contribution is 2.31. The lowest BCUT2D eigenvalue weighted by Crippen LogP contribution is -2.59. The lowest BCUT2D eigenvalue weighted by atomic mass is 9.81. The molecule has 1 saturated carbocycles. The summed E-state index contributed by atoms with van der Waals surface area (Å²) < 4.78 is 5.67. The number of carbonyl (C=O) groups is 3. The molecule has 0 aromatic heterocycles. The van der Waals surface area contributed by atoms with Gasteiger partial charge in [0.1, 0.15) is 11.6 Å². The van der Waals surface area contributed by atoms with E-state index in [4.69, 9.17) is 15.9 Å². The molecule has 9 heteroatoms. The molecule has 0 spiro atoms. The molecule has 9 nitrogen and oxygen atoms in total. The summed E-state index contributed by atoms with van der Waals surface area (Å²) in [5, 5.41) is 16.8. The molecule has 1 heterocycles. The predicted octanol–water partition coefficient (Wildman–Crippen LogP) is 1.83. The van der Waals surface area contributed by atoms with Crippen LogP contribution in [0.15, 0.2) is 24.3 Å². The molecule has 0 radical (unpaired) electrons. The lowest BCUT2D eigenvalue weighted by molar-refractivity contribution is -0.160. The van der Waals surface area contributed by atoms with Gasteiger partial charge in [-0.05, 0) is 49.4 Å². The van der Waals surface area contributed by atoms with E-state index >= 15 is 0 Å². The molecule has 2 amide bonds. The van der Waals surface area contributed by atoms with Gasteiger partial charge in [-0.15, -0.1) is 0 Å². The molecule has 1 atom stereocenters. The largest absolute Gasteiger partial charge is 0.494 e. The number of hydrogen-bond donors (Lipinski definition) is 3. The van der Waals surface area contributed by atoms with Gasteiger partial charge in [-0.3, -0.25) is 19.8 Å². The maximum Gasteiger partial charge on any atom is 0.312 e. The SMILES string of the molecule is N=C(N)c1ccc(OCCCN2CCN(C(CC(=O)O)C3CCCCC3)C(=O)C2=O)cc1. The zero-order valence-electron chi connectivity index (χ0n) is 18.3. The molecule has 174 valence electrons. The summed E-state index contributed by atoms with van der Waals surface area (Å²) in [6.45, 7) is 1.55. The van der Waals surface area contributed by atoms with Crippen molar-refractivity contribution in [2.24, 2.45) is 11.7 Å². The van der Waals surface area contributed by atoms with E-state index < -0.39 is 23.8 Å². The molecular formula is C23H32N4O5. The zero-order valence-corrected chi connectivity index (χ0v) is 18.3. The Morgan fingerprint density at radius 3 is 2.44 bits per heavy atom. The van der Waals surface area contributed by atoms with E-state index in [-0.39, 0.29) is 18.2 Å². The van der Waals surface area contributed by atoms with Crippen LogP contribution in [-0.2, 0) is 14.4 Å². The van der Waals surface area contributed by atoms with Crippen LogP contribution in [0.5, 0.6) is 5.75 Å². The van der Waals surface area contributed by atoms with Crippen molar-refractivity contribution in [3.63, 3.8) is 0 Å². The maximum atomic E-state index is 12.8. The summed E-state index contributed by atoms with van der Waals surface area (Å²) >= 11 is 0. The van der Waals surface area contributed by atoms with Crippen LogP contribution in [0.25, 0.3) is 0 Å². The number of ether oxygens (including phenoxy) is 1. The van der Waals surface area contributed by atoms with Crippen LogP contribution in [-0.4, -0.2) is 70.8 Å². The van der Waals surface area contributed by atoms with Crippen molar-refractivity contribution in [2.75, 3.05) is 26.2 Å². The Balaban J connectivity index is 1.50. The Labute approximate surface area is 188 Å². The number of amidine groups is 1. The molecule has 2 aliphatic rings. The number of aliphatic carboxylic acids is 1. The van der Waals surface area contributed by atoms with Crippen LogP contribution >= 0.6 is 0 Å². The molecule has 3 rings (SSSR count). The number of hydrogen-bond acceptors (Lipinski definition) is 5. The van der Waals surface area contributed by atoms with Crippen molar-refractivity contribution < 1.29 is 24.2 Å². The summed E-state index contributed by atoms with van der Waals surface area (Å²) in [6, 6.07) is 6.47. The van der Waals surface area contributed by atoms with Gasteiger partial charge in [0.2, 0.25) is 0 Å². The van der Waals surface area contributed by atoms with Gasteiger partial charge in [0.25, 0.3) is 0 Å². The van der Waals surface area contributed by atoms with Crippen molar-refractivity contribution in [3.05, 3.63) is 29.8 Å². The molecule has 1 saturated heterocycles. The zero-order chi connectivity index (χ0) is 23.1. The van der Waals surface area contributed by atoms with Gasteiger partial charge in [0.05, 0.1) is 13.0 Å². The number of piperazine rings is 1. The molecule has 1 aliphatic heterocycles. The minimum Gasteiger partial charge on any atom is -0.494 e. The molecule has 0 bridgehead atoms. The van der Waals surface area contributed by atoms with Gasteiger partial charge in [0, 0.05) is 31.2 Å². The first kappa shape index (κ1) is 23.6. The van der Waals surface area contributed by atoms with Crippen molar-refractivity contribution >= 4 is 23.6 Å². The lowest BCUT2D eigenvalue weighted by Gasteiger charge is -2.42. The van der Waals surface area contributed by atoms with Crippen LogP contribution in [0, 0.1) is 11.3 Å². The smallest absolute Gasteiger partial charge is 0.312 e. The van der Waals surface area contributed by atoms with Crippen LogP contribution in [0.1, 0.15) is 50.5 Å². The van der Waals surface area contributed by atoms with Crippen LogP contribution in [0.4, 0.5) is 0 Å². The number of nitrogen functional groups attached to an aromatic ring is 1. The highest BCUT2D eigenvalue weighted by molar-refractivity contribution is 6.35. The first-order valence-corrected chi connectivity index (χ1v) is 11.3. The third-order valence-corrected chi connectivity index (χ3v) is 6.33. The van der Waals surface area contributed by atoms with Crippen molar-refractivity contribution in [1.29, 1.82) is 5.41 Å². The van der Waals surface area contributed by atoms with Gasteiger partial charge in [-0.2, -0.15) is 0 Å². The number of nitrogens with two attached hydrogens (primary N) is 1. The maximum absolute atomic E-state index is 12.8. The Kier molecular flexibility index (Phi) is 8.08. The van der Waals surface area contributed by atoms with E-state index in [1.165, 1.54) is 9.80 Å². The minimum absolute atomic E-state index is 0.00653. The van der Waals surface area contributed by atoms with Gasteiger partial charge < -0.3 is 25.4 Å². The molecule has 1 unspecified atom stereocenters. The fourth-order valence-corrected chi connectivity index (χ4v) is 4.62. The van der Waals surface area contributed by atoms with Gasteiger partial charge in [-0.1, -0.05) is 19.3 Å². The molecule has 4 N–H and O–H groups in total. The summed E-state index contributed by atoms with van der Waals surface area (Å²) in [5.41, 5.74) is 6.05. The third-order valence-electron chi connectivity index (χ3n) is 6.33. The summed E-state index contributed by atoms with van der Waals surface area (Å²) in [4.78, 5) is 40.0. The number of nitrogens with one attached hydrogen (secondary N) is 1. The Morgan fingerprint density at radius 1 is 1.12 bits per heavy atom. The Hall–Kier alpha value is -3.10. The second-order valence-electron chi connectivity index (χ2n) is 8.49. The summed E-state index contributed by atoms with van der Waals surface area (Å²) in [6.07, 6.45) is 5.49. The molecule has 2 fully saturated rings. The highest BCUT2D eigenvalue weighted by Gasteiger charge is 2.40. The monoisotopic (exact) mass is 444 g/mol. The third kappa shape index (κ3) is 5.99. The standard InChI is InChI=1S/C23H32N4O5/c24-21(25)17-7-9-18(10-8-17)32-14-4-11-26-12-13-27(23(31)22(26)30)19(15-20(28)29)16-5-2-1-3-6-16/h7-10,16,19H,1-6,11-15H2,(H3,24,25)(H,28,29). The average Bonchev–Trinajstić information content (AvgIpc) is 2.79.